The number of carbonyl (C=O) groups is 1. The average molecular weight is 415 g/mol. The molecular weight excluding hydrogens is 400 g/mol. The minimum absolute atomic E-state index is 0.0168. The Kier molecular flexibility index (Phi) is 4.22. The molecule has 0 bridgehead atoms. The number of nitrogens with zero attached hydrogens (tertiary/aromatic N) is 4. The summed E-state index contributed by atoms with van der Waals surface area (Å²) in [5, 5.41) is 2.21. The van der Waals surface area contributed by atoms with E-state index in [2.05, 4.69) is 9.88 Å². The minimum Gasteiger partial charge on any atom is -0.345 e. The van der Waals surface area contributed by atoms with Gasteiger partial charge in [0.25, 0.3) is 5.91 Å². The highest BCUT2D eigenvalue weighted by Gasteiger charge is 2.26. The zero-order chi connectivity index (χ0) is 18.4. The van der Waals surface area contributed by atoms with Crippen LogP contribution in [0.15, 0.2) is 42.5 Å². The Bertz CT molecular complexity index is 1110. The van der Waals surface area contributed by atoms with Gasteiger partial charge in [-0.3, -0.25) is 4.79 Å². The number of hydrogen-bond donors (Lipinski definition) is 0. The van der Waals surface area contributed by atoms with Crippen LogP contribution in [0.25, 0.3) is 20.4 Å². The Morgan fingerprint density at radius 3 is 2.48 bits per heavy atom. The number of benzene rings is 2. The van der Waals surface area contributed by atoms with E-state index in [1.807, 2.05) is 47.4 Å². The van der Waals surface area contributed by atoms with E-state index >= 15 is 0 Å². The van der Waals surface area contributed by atoms with Crippen molar-refractivity contribution in [3.63, 3.8) is 0 Å². The molecule has 0 radical (unpaired) electrons. The number of carbonyl (C=O) groups excluding carboxylic acids is 1. The molecule has 3 heterocycles. The lowest BCUT2D eigenvalue weighted by Gasteiger charge is -2.34. The van der Waals surface area contributed by atoms with Crippen molar-refractivity contribution in [3.8, 4) is 0 Å². The van der Waals surface area contributed by atoms with Gasteiger partial charge in [0.2, 0.25) is 0 Å². The number of para-hydroxylation sites is 2. The summed E-state index contributed by atoms with van der Waals surface area (Å²) in [6, 6.07) is 13.7. The highest BCUT2D eigenvalue weighted by molar-refractivity contribution is 7.22. The Morgan fingerprint density at radius 1 is 0.926 bits per heavy atom. The standard InChI is InChI=1S/C19H15ClN4OS2/c20-12-4-3-7-15-16(12)22-19(27-15)24-10-8-23(9-11-24)18(25)17-21-13-5-1-2-6-14(13)26-17/h1-7H,8-11H2. The lowest BCUT2D eigenvalue weighted by atomic mass is 10.3. The third-order valence-electron chi connectivity index (χ3n) is 4.67. The van der Waals surface area contributed by atoms with Crippen LogP contribution in [0.5, 0.6) is 0 Å². The zero-order valence-electron chi connectivity index (χ0n) is 14.3. The molecular formula is C19H15ClN4OS2. The van der Waals surface area contributed by atoms with Crippen LogP contribution in [0, 0.1) is 0 Å². The normalized spacial score (nSPS) is 15.0. The number of amides is 1. The second kappa shape index (κ2) is 6.74. The van der Waals surface area contributed by atoms with Gasteiger partial charge in [0.05, 0.1) is 19.9 Å². The molecule has 0 aliphatic carbocycles. The van der Waals surface area contributed by atoms with Crippen molar-refractivity contribution in [2.24, 2.45) is 0 Å². The number of piperazine rings is 1. The van der Waals surface area contributed by atoms with E-state index in [1.54, 1.807) is 11.3 Å². The summed E-state index contributed by atoms with van der Waals surface area (Å²) in [5.74, 6) is 0.0168. The monoisotopic (exact) mass is 414 g/mol. The first-order valence-corrected chi connectivity index (χ1v) is 10.6. The molecule has 27 heavy (non-hydrogen) atoms. The molecule has 0 spiro atoms. The molecule has 8 heteroatoms. The topological polar surface area (TPSA) is 49.3 Å². The van der Waals surface area contributed by atoms with Gasteiger partial charge in [0, 0.05) is 26.2 Å². The molecule has 4 aromatic rings. The first-order valence-electron chi connectivity index (χ1n) is 8.64. The van der Waals surface area contributed by atoms with Crippen molar-refractivity contribution < 1.29 is 4.79 Å². The fraction of sp³-hybridized carbons (Fsp3) is 0.211. The first kappa shape index (κ1) is 16.9. The van der Waals surface area contributed by atoms with Gasteiger partial charge in [-0.05, 0) is 24.3 Å². The van der Waals surface area contributed by atoms with Crippen LogP contribution < -0.4 is 4.90 Å². The molecule has 136 valence electrons. The number of rotatable bonds is 2. The predicted molar refractivity (Wildman–Crippen MR) is 112 cm³/mol. The summed E-state index contributed by atoms with van der Waals surface area (Å²) < 4.78 is 2.14. The van der Waals surface area contributed by atoms with Gasteiger partial charge in [-0.2, -0.15) is 0 Å². The van der Waals surface area contributed by atoms with Crippen molar-refractivity contribution in [2.75, 3.05) is 31.1 Å². The van der Waals surface area contributed by atoms with E-state index in [0.717, 1.165) is 38.7 Å². The van der Waals surface area contributed by atoms with Crippen LogP contribution in [0.2, 0.25) is 5.02 Å². The van der Waals surface area contributed by atoms with Crippen LogP contribution in [0.1, 0.15) is 9.80 Å². The van der Waals surface area contributed by atoms with Gasteiger partial charge < -0.3 is 9.80 Å². The number of thiazole rings is 2. The Balaban J connectivity index is 1.31. The van der Waals surface area contributed by atoms with E-state index in [1.165, 1.54) is 11.3 Å². The highest BCUT2D eigenvalue weighted by atomic mass is 35.5. The van der Waals surface area contributed by atoms with Crippen LogP contribution in [0.4, 0.5) is 5.13 Å². The molecule has 1 aliphatic heterocycles. The zero-order valence-corrected chi connectivity index (χ0v) is 16.7. The maximum atomic E-state index is 12.8. The number of anilines is 1. The molecule has 0 unspecified atom stereocenters. The van der Waals surface area contributed by atoms with Gasteiger partial charge in [-0.1, -0.05) is 41.1 Å². The van der Waals surface area contributed by atoms with Crippen molar-refractivity contribution in [3.05, 3.63) is 52.5 Å². The average Bonchev–Trinajstić information content (AvgIpc) is 3.32. The summed E-state index contributed by atoms with van der Waals surface area (Å²) in [7, 11) is 0. The van der Waals surface area contributed by atoms with E-state index in [9.17, 15) is 4.79 Å². The maximum Gasteiger partial charge on any atom is 0.282 e. The van der Waals surface area contributed by atoms with Crippen molar-refractivity contribution in [1.82, 2.24) is 14.9 Å². The lowest BCUT2D eigenvalue weighted by molar-refractivity contribution is 0.0746. The summed E-state index contributed by atoms with van der Waals surface area (Å²) in [6.07, 6.45) is 0. The van der Waals surface area contributed by atoms with Crippen molar-refractivity contribution in [2.45, 2.75) is 0 Å². The highest BCUT2D eigenvalue weighted by Crippen LogP contribution is 2.33. The van der Waals surface area contributed by atoms with Gasteiger partial charge in [-0.25, -0.2) is 9.97 Å². The quantitative estimate of drug-likeness (QED) is 0.483. The smallest absolute Gasteiger partial charge is 0.282 e. The first-order chi connectivity index (χ1) is 13.2. The number of hydrogen-bond acceptors (Lipinski definition) is 6. The summed E-state index contributed by atoms with van der Waals surface area (Å²) in [6.45, 7) is 2.85. The number of fused-ring (bicyclic) bond motifs is 2. The van der Waals surface area contributed by atoms with Gasteiger partial charge in [0.15, 0.2) is 10.1 Å². The second-order valence-corrected chi connectivity index (χ2v) is 8.80. The summed E-state index contributed by atoms with van der Waals surface area (Å²) in [5.41, 5.74) is 1.74. The Morgan fingerprint density at radius 2 is 1.70 bits per heavy atom. The maximum absolute atomic E-state index is 12.8. The van der Waals surface area contributed by atoms with E-state index in [4.69, 9.17) is 16.6 Å². The molecule has 0 N–H and O–H groups in total. The van der Waals surface area contributed by atoms with Crippen molar-refractivity contribution >= 4 is 65.7 Å². The minimum atomic E-state index is 0.0168. The van der Waals surface area contributed by atoms with Gasteiger partial charge >= 0.3 is 0 Å². The van der Waals surface area contributed by atoms with Crippen LogP contribution >= 0.6 is 34.3 Å². The van der Waals surface area contributed by atoms with Crippen LogP contribution in [0.3, 0.4) is 0 Å². The number of halogens is 1. The fourth-order valence-electron chi connectivity index (χ4n) is 3.24. The summed E-state index contributed by atoms with van der Waals surface area (Å²) in [4.78, 5) is 26.1. The molecule has 5 nitrogen and oxygen atoms in total. The van der Waals surface area contributed by atoms with E-state index < -0.39 is 0 Å². The second-order valence-electron chi connectivity index (χ2n) is 6.35. The molecule has 1 aliphatic rings. The Hall–Kier alpha value is -2.22. The van der Waals surface area contributed by atoms with E-state index in [-0.39, 0.29) is 5.91 Å². The molecule has 1 amide bonds. The molecule has 2 aromatic heterocycles. The van der Waals surface area contributed by atoms with E-state index in [0.29, 0.717) is 23.1 Å². The number of aromatic nitrogens is 2. The molecule has 1 saturated heterocycles. The Labute approximate surface area is 168 Å². The third kappa shape index (κ3) is 3.05. The van der Waals surface area contributed by atoms with Gasteiger partial charge in [-0.15, -0.1) is 11.3 Å². The molecule has 0 saturated carbocycles. The molecule has 2 aromatic carbocycles. The molecule has 5 rings (SSSR count). The van der Waals surface area contributed by atoms with Gasteiger partial charge in [0.1, 0.15) is 5.52 Å². The van der Waals surface area contributed by atoms with Crippen LogP contribution in [-0.2, 0) is 0 Å². The third-order valence-corrected chi connectivity index (χ3v) is 7.08. The molecule has 1 fully saturated rings. The van der Waals surface area contributed by atoms with Crippen molar-refractivity contribution in [1.29, 1.82) is 0 Å². The summed E-state index contributed by atoms with van der Waals surface area (Å²) >= 11 is 9.35. The lowest BCUT2D eigenvalue weighted by Crippen LogP contribution is -2.48. The molecule has 0 atom stereocenters. The largest absolute Gasteiger partial charge is 0.345 e. The van der Waals surface area contributed by atoms with Crippen LogP contribution in [-0.4, -0.2) is 47.0 Å². The SMILES string of the molecule is O=C(c1nc2ccccc2s1)N1CCN(c2nc3c(Cl)cccc3s2)CC1. The predicted octanol–water partition coefficient (Wildman–Crippen LogP) is 4.52. The fourth-order valence-corrected chi connectivity index (χ4v) is 5.49.